The van der Waals surface area contributed by atoms with Crippen LogP contribution in [0, 0.1) is 6.92 Å². The fourth-order valence-electron chi connectivity index (χ4n) is 1.71. The first-order valence-corrected chi connectivity index (χ1v) is 6.88. The Morgan fingerprint density at radius 2 is 1.47 bits per heavy atom. The Balaban J connectivity index is 1.95. The van der Waals surface area contributed by atoms with Gasteiger partial charge in [0.2, 0.25) is 0 Å². The Morgan fingerprint density at radius 1 is 0.882 bits per heavy atom. The number of halogens is 1. The summed E-state index contributed by atoms with van der Waals surface area (Å²) in [4.78, 5) is 0. The predicted molar refractivity (Wildman–Crippen MR) is 74.6 cm³/mol. The van der Waals surface area contributed by atoms with Crippen LogP contribution in [0.3, 0.4) is 0 Å². The summed E-state index contributed by atoms with van der Waals surface area (Å²) in [7, 11) is 0. The Labute approximate surface area is 110 Å². The molecule has 0 bridgehead atoms. The van der Waals surface area contributed by atoms with E-state index in [4.69, 9.17) is 16.3 Å². The van der Waals surface area contributed by atoms with E-state index in [9.17, 15) is 0 Å². The first-order valence-electron chi connectivity index (χ1n) is 6.50. The maximum absolute atomic E-state index is 5.80. The van der Waals surface area contributed by atoms with Gasteiger partial charge in [0, 0.05) is 5.02 Å². The minimum Gasteiger partial charge on any atom is -0.494 e. The number of hydrogen-bond acceptors (Lipinski definition) is 1. The third-order valence-electron chi connectivity index (χ3n) is 2.73. The Bertz CT molecular complexity index is 281. The van der Waals surface area contributed by atoms with E-state index in [1.807, 2.05) is 24.3 Å². The zero-order valence-corrected chi connectivity index (χ0v) is 11.2. The van der Waals surface area contributed by atoms with Gasteiger partial charge in [-0.2, -0.15) is 0 Å². The highest BCUT2D eigenvalue weighted by Gasteiger charge is 1.94. The van der Waals surface area contributed by atoms with Crippen molar-refractivity contribution in [3.05, 3.63) is 36.2 Å². The molecule has 0 unspecified atom stereocenters. The first-order chi connectivity index (χ1) is 8.33. The molecule has 0 spiro atoms. The topological polar surface area (TPSA) is 9.23 Å². The van der Waals surface area contributed by atoms with Gasteiger partial charge in [-0.3, -0.25) is 0 Å². The molecule has 1 radical (unpaired) electrons. The molecule has 0 aromatic heterocycles. The molecule has 1 aromatic rings. The lowest BCUT2D eigenvalue weighted by molar-refractivity contribution is 0.304. The van der Waals surface area contributed by atoms with Gasteiger partial charge in [-0.1, -0.05) is 57.0 Å². The van der Waals surface area contributed by atoms with Crippen molar-refractivity contribution in [3.63, 3.8) is 0 Å². The van der Waals surface area contributed by atoms with E-state index in [1.54, 1.807) is 0 Å². The molecule has 0 aliphatic carbocycles. The molecular weight excluding hydrogens is 232 g/mol. The maximum atomic E-state index is 5.80. The molecule has 0 saturated carbocycles. The van der Waals surface area contributed by atoms with E-state index in [-0.39, 0.29) is 0 Å². The summed E-state index contributed by atoms with van der Waals surface area (Å²) < 4.78 is 5.62. The second-order valence-electron chi connectivity index (χ2n) is 4.28. The summed E-state index contributed by atoms with van der Waals surface area (Å²) in [5.41, 5.74) is 0. The molecule has 0 N–H and O–H groups in total. The highest BCUT2D eigenvalue weighted by atomic mass is 35.5. The van der Waals surface area contributed by atoms with Crippen molar-refractivity contribution in [2.45, 2.75) is 44.9 Å². The number of ether oxygens (including phenoxy) is 1. The number of benzene rings is 1. The van der Waals surface area contributed by atoms with Crippen LogP contribution in [0.1, 0.15) is 44.9 Å². The monoisotopic (exact) mass is 253 g/mol. The molecule has 2 heteroatoms. The van der Waals surface area contributed by atoms with Crippen molar-refractivity contribution < 1.29 is 4.74 Å². The second kappa shape index (κ2) is 9.35. The fraction of sp³-hybridized carbons (Fsp3) is 0.533. The van der Waals surface area contributed by atoms with E-state index < -0.39 is 0 Å². The van der Waals surface area contributed by atoms with Crippen LogP contribution in [0.2, 0.25) is 5.02 Å². The normalized spacial score (nSPS) is 10.5. The second-order valence-corrected chi connectivity index (χ2v) is 4.71. The van der Waals surface area contributed by atoms with Crippen LogP contribution in [0.25, 0.3) is 0 Å². The summed E-state index contributed by atoms with van der Waals surface area (Å²) in [6.45, 7) is 4.65. The standard InChI is InChI=1S/C15H22ClO/c1-2-3-4-5-6-7-8-13-17-15-11-9-14(16)10-12-15/h9-12H,1-8,13H2. The number of unbranched alkanes of at least 4 members (excludes halogenated alkanes) is 6. The molecule has 1 nitrogen and oxygen atoms in total. The summed E-state index contributed by atoms with van der Waals surface area (Å²) in [6.07, 6.45) is 8.68. The summed E-state index contributed by atoms with van der Waals surface area (Å²) >= 11 is 5.80. The Hall–Kier alpha value is -0.690. The van der Waals surface area contributed by atoms with Crippen LogP contribution >= 0.6 is 11.6 Å². The molecular formula is C15H22ClO. The van der Waals surface area contributed by atoms with Gasteiger partial charge in [0.15, 0.2) is 0 Å². The number of rotatable bonds is 9. The highest BCUT2D eigenvalue weighted by molar-refractivity contribution is 6.30. The fourth-order valence-corrected chi connectivity index (χ4v) is 1.83. The van der Waals surface area contributed by atoms with Crippen LogP contribution < -0.4 is 4.74 Å². The van der Waals surface area contributed by atoms with Gasteiger partial charge in [-0.05, 0) is 30.7 Å². The molecule has 17 heavy (non-hydrogen) atoms. The van der Waals surface area contributed by atoms with Gasteiger partial charge in [0.1, 0.15) is 5.75 Å². The lowest BCUT2D eigenvalue weighted by atomic mass is 10.1. The average Bonchev–Trinajstić information content (AvgIpc) is 2.35. The SMILES string of the molecule is [CH2]CCCCCCCCOc1ccc(Cl)cc1. The van der Waals surface area contributed by atoms with E-state index >= 15 is 0 Å². The first kappa shape index (κ1) is 14.4. The zero-order chi connectivity index (χ0) is 12.3. The molecule has 1 rings (SSSR count). The molecule has 0 saturated heterocycles. The molecule has 0 atom stereocenters. The van der Waals surface area contributed by atoms with Gasteiger partial charge >= 0.3 is 0 Å². The molecule has 0 amide bonds. The molecule has 95 valence electrons. The minimum atomic E-state index is 0.753. The van der Waals surface area contributed by atoms with Crippen molar-refractivity contribution in [3.8, 4) is 5.75 Å². The largest absolute Gasteiger partial charge is 0.494 e. The Kier molecular flexibility index (Phi) is 7.91. The van der Waals surface area contributed by atoms with Gasteiger partial charge in [-0.15, -0.1) is 0 Å². The minimum absolute atomic E-state index is 0.753. The van der Waals surface area contributed by atoms with Gasteiger partial charge in [0.05, 0.1) is 6.61 Å². The summed E-state index contributed by atoms with van der Waals surface area (Å²) in [5, 5.41) is 0.753. The van der Waals surface area contributed by atoms with E-state index in [2.05, 4.69) is 6.92 Å². The van der Waals surface area contributed by atoms with E-state index in [1.165, 1.54) is 32.1 Å². The van der Waals surface area contributed by atoms with Crippen LogP contribution in [0.5, 0.6) is 5.75 Å². The number of hydrogen-bond donors (Lipinski definition) is 0. The van der Waals surface area contributed by atoms with Gasteiger partial charge in [0.25, 0.3) is 0 Å². The van der Waals surface area contributed by atoms with E-state index in [0.29, 0.717) is 0 Å². The predicted octanol–water partition coefficient (Wildman–Crippen LogP) is 5.28. The van der Waals surface area contributed by atoms with Crippen molar-refractivity contribution in [2.24, 2.45) is 0 Å². The lowest BCUT2D eigenvalue weighted by Crippen LogP contribution is -1.96. The lowest BCUT2D eigenvalue weighted by Gasteiger charge is -2.06. The third kappa shape index (κ3) is 7.27. The molecule has 0 heterocycles. The van der Waals surface area contributed by atoms with Crippen LogP contribution in [0.4, 0.5) is 0 Å². The molecule has 0 fully saturated rings. The molecule has 1 aromatic carbocycles. The Morgan fingerprint density at radius 3 is 2.12 bits per heavy atom. The highest BCUT2D eigenvalue weighted by Crippen LogP contribution is 2.16. The van der Waals surface area contributed by atoms with Crippen molar-refractivity contribution in [1.82, 2.24) is 0 Å². The quantitative estimate of drug-likeness (QED) is 0.544. The van der Waals surface area contributed by atoms with Gasteiger partial charge in [-0.25, -0.2) is 0 Å². The summed E-state index contributed by atoms with van der Waals surface area (Å²) in [6, 6.07) is 7.54. The summed E-state index contributed by atoms with van der Waals surface area (Å²) in [5.74, 6) is 0.909. The van der Waals surface area contributed by atoms with Crippen molar-refractivity contribution in [2.75, 3.05) is 6.61 Å². The maximum Gasteiger partial charge on any atom is 0.119 e. The van der Waals surface area contributed by atoms with Crippen molar-refractivity contribution >= 4 is 11.6 Å². The van der Waals surface area contributed by atoms with Gasteiger partial charge < -0.3 is 4.74 Å². The smallest absolute Gasteiger partial charge is 0.119 e. The van der Waals surface area contributed by atoms with E-state index in [0.717, 1.165) is 30.2 Å². The van der Waals surface area contributed by atoms with Crippen molar-refractivity contribution in [1.29, 1.82) is 0 Å². The zero-order valence-electron chi connectivity index (χ0n) is 10.5. The average molecular weight is 254 g/mol. The van der Waals surface area contributed by atoms with Crippen LogP contribution in [-0.4, -0.2) is 6.61 Å². The van der Waals surface area contributed by atoms with Crippen LogP contribution in [-0.2, 0) is 0 Å². The molecule has 0 aliphatic rings. The third-order valence-corrected chi connectivity index (χ3v) is 2.98. The molecule has 0 aliphatic heterocycles. The van der Waals surface area contributed by atoms with Crippen LogP contribution in [0.15, 0.2) is 24.3 Å².